The molecule has 23 heavy (non-hydrogen) atoms. The number of nitrogens with one attached hydrogen (secondary N) is 1. The number of nitrogens with zero attached hydrogens (tertiary/aromatic N) is 1. The van der Waals surface area contributed by atoms with E-state index in [1.54, 1.807) is 7.11 Å². The maximum atomic E-state index is 12.2. The van der Waals surface area contributed by atoms with Gasteiger partial charge in [-0.3, -0.25) is 9.69 Å². The first-order valence-electron chi connectivity index (χ1n) is 8.71. The first-order chi connectivity index (χ1) is 11.1. The molecule has 4 nitrogen and oxygen atoms in total. The molecule has 0 saturated heterocycles. The van der Waals surface area contributed by atoms with Gasteiger partial charge in [0.15, 0.2) is 0 Å². The number of methoxy groups -OCH3 is 1. The Balaban J connectivity index is 1.81. The average molecular weight is 318 g/mol. The van der Waals surface area contributed by atoms with Crippen molar-refractivity contribution in [1.29, 1.82) is 0 Å². The van der Waals surface area contributed by atoms with Gasteiger partial charge in [-0.1, -0.05) is 37.5 Å². The van der Waals surface area contributed by atoms with Crippen LogP contribution in [0.25, 0.3) is 0 Å². The zero-order valence-corrected chi connectivity index (χ0v) is 14.7. The quantitative estimate of drug-likeness (QED) is 0.840. The minimum Gasteiger partial charge on any atom is -0.496 e. The van der Waals surface area contributed by atoms with E-state index in [4.69, 9.17) is 4.74 Å². The Hall–Kier alpha value is -1.55. The maximum absolute atomic E-state index is 12.2. The highest BCUT2D eigenvalue weighted by atomic mass is 16.5. The van der Waals surface area contributed by atoms with E-state index in [-0.39, 0.29) is 11.9 Å². The van der Waals surface area contributed by atoms with Gasteiger partial charge in [-0.2, -0.15) is 0 Å². The van der Waals surface area contributed by atoms with Gasteiger partial charge in [0.2, 0.25) is 5.91 Å². The van der Waals surface area contributed by atoms with Gasteiger partial charge in [0.25, 0.3) is 0 Å². The van der Waals surface area contributed by atoms with Crippen molar-refractivity contribution in [1.82, 2.24) is 10.2 Å². The van der Waals surface area contributed by atoms with Crippen molar-refractivity contribution in [2.24, 2.45) is 0 Å². The maximum Gasteiger partial charge on any atom is 0.234 e. The van der Waals surface area contributed by atoms with Crippen LogP contribution in [0.15, 0.2) is 24.3 Å². The van der Waals surface area contributed by atoms with Crippen LogP contribution in [-0.2, 0) is 11.2 Å². The van der Waals surface area contributed by atoms with Crippen molar-refractivity contribution in [2.75, 3.05) is 20.7 Å². The first-order valence-corrected chi connectivity index (χ1v) is 8.71. The molecular formula is C19H30N2O2. The van der Waals surface area contributed by atoms with E-state index in [2.05, 4.69) is 23.2 Å². The van der Waals surface area contributed by atoms with Crippen LogP contribution < -0.4 is 10.1 Å². The zero-order chi connectivity index (χ0) is 16.7. The van der Waals surface area contributed by atoms with E-state index in [0.29, 0.717) is 12.6 Å². The number of benzene rings is 1. The van der Waals surface area contributed by atoms with Crippen molar-refractivity contribution < 1.29 is 9.53 Å². The van der Waals surface area contributed by atoms with Gasteiger partial charge in [-0.15, -0.1) is 0 Å². The molecule has 1 saturated carbocycles. The second-order valence-corrected chi connectivity index (χ2v) is 6.68. The standard InChI is InChI=1S/C19H30N2O2/c1-15(13-16-9-7-8-12-18(16)23-3)21(2)14-19(22)20-17-10-5-4-6-11-17/h7-9,12,15,17H,4-6,10-11,13-14H2,1-3H3,(H,20,22)/t15-/m0/s1. The van der Waals surface area contributed by atoms with Crippen molar-refractivity contribution in [3.63, 3.8) is 0 Å². The summed E-state index contributed by atoms with van der Waals surface area (Å²) < 4.78 is 5.41. The van der Waals surface area contributed by atoms with Crippen LogP contribution >= 0.6 is 0 Å². The molecule has 0 spiro atoms. The Morgan fingerprint density at radius 2 is 2.00 bits per heavy atom. The van der Waals surface area contributed by atoms with Crippen molar-refractivity contribution in [2.45, 2.75) is 57.5 Å². The van der Waals surface area contributed by atoms with Crippen LogP contribution in [0.1, 0.15) is 44.6 Å². The average Bonchev–Trinajstić information content (AvgIpc) is 2.56. The van der Waals surface area contributed by atoms with Crippen molar-refractivity contribution in [3.05, 3.63) is 29.8 Å². The molecule has 0 aliphatic heterocycles. The fourth-order valence-electron chi connectivity index (χ4n) is 3.25. The Labute approximate surface area is 140 Å². The highest BCUT2D eigenvalue weighted by molar-refractivity contribution is 5.78. The van der Waals surface area contributed by atoms with Gasteiger partial charge >= 0.3 is 0 Å². The van der Waals surface area contributed by atoms with Crippen LogP contribution in [0.5, 0.6) is 5.75 Å². The summed E-state index contributed by atoms with van der Waals surface area (Å²) in [6.45, 7) is 2.60. The van der Waals surface area contributed by atoms with E-state index in [1.807, 2.05) is 25.2 Å². The zero-order valence-electron chi connectivity index (χ0n) is 14.7. The van der Waals surface area contributed by atoms with Gasteiger partial charge < -0.3 is 10.1 Å². The predicted molar refractivity (Wildman–Crippen MR) is 93.8 cm³/mol. The van der Waals surface area contributed by atoms with Gasteiger partial charge in [0.05, 0.1) is 13.7 Å². The SMILES string of the molecule is COc1ccccc1C[C@H](C)N(C)CC(=O)NC1CCCCC1. The van der Waals surface area contributed by atoms with E-state index >= 15 is 0 Å². The summed E-state index contributed by atoms with van der Waals surface area (Å²) in [6, 6.07) is 8.75. The molecule has 1 amide bonds. The molecule has 0 bridgehead atoms. The van der Waals surface area contributed by atoms with E-state index in [1.165, 1.54) is 24.8 Å². The molecule has 1 fully saturated rings. The summed E-state index contributed by atoms with van der Waals surface area (Å²) in [7, 11) is 3.71. The molecular weight excluding hydrogens is 288 g/mol. The molecule has 128 valence electrons. The summed E-state index contributed by atoms with van der Waals surface area (Å²) in [5.41, 5.74) is 1.18. The highest BCUT2D eigenvalue weighted by Crippen LogP contribution is 2.20. The second kappa shape index (κ2) is 8.92. The molecule has 0 unspecified atom stereocenters. The lowest BCUT2D eigenvalue weighted by Crippen LogP contribution is -2.44. The normalized spacial score (nSPS) is 17.0. The van der Waals surface area contributed by atoms with Gasteiger partial charge in [-0.05, 0) is 44.9 Å². The topological polar surface area (TPSA) is 41.6 Å². The third-order valence-electron chi connectivity index (χ3n) is 4.82. The number of hydrogen-bond acceptors (Lipinski definition) is 3. The largest absolute Gasteiger partial charge is 0.496 e. The minimum absolute atomic E-state index is 0.145. The Bertz CT molecular complexity index is 498. The number of para-hydroxylation sites is 1. The third kappa shape index (κ3) is 5.54. The molecule has 2 rings (SSSR count). The number of likely N-dealkylation sites (N-methyl/N-ethyl adjacent to an activating group) is 1. The lowest BCUT2D eigenvalue weighted by atomic mass is 9.95. The van der Waals surface area contributed by atoms with Gasteiger partial charge in [-0.25, -0.2) is 0 Å². The smallest absolute Gasteiger partial charge is 0.234 e. The molecule has 1 aliphatic carbocycles. The van der Waals surface area contributed by atoms with Crippen molar-refractivity contribution >= 4 is 5.91 Å². The lowest BCUT2D eigenvalue weighted by Gasteiger charge is -2.27. The molecule has 0 radical (unpaired) electrons. The highest BCUT2D eigenvalue weighted by Gasteiger charge is 2.19. The Morgan fingerprint density at radius 3 is 2.70 bits per heavy atom. The van der Waals surface area contributed by atoms with Crippen LogP contribution in [0, 0.1) is 0 Å². The number of carbonyl (C=O) groups excluding carboxylic acids is 1. The fourth-order valence-corrected chi connectivity index (χ4v) is 3.25. The Kier molecular flexibility index (Phi) is 6.90. The van der Waals surface area contributed by atoms with Crippen LogP contribution in [0.3, 0.4) is 0 Å². The third-order valence-corrected chi connectivity index (χ3v) is 4.82. The number of amides is 1. The molecule has 1 aromatic carbocycles. The predicted octanol–water partition coefficient (Wildman–Crippen LogP) is 3.01. The van der Waals surface area contributed by atoms with Crippen LogP contribution in [0.2, 0.25) is 0 Å². The molecule has 1 atom stereocenters. The fraction of sp³-hybridized carbons (Fsp3) is 0.632. The molecule has 0 heterocycles. The number of rotatable bonds is 7. The molecule has 1 aliphatic rings. The van der Waals surface area contributed by atoms with Crippen LogP contribution in [0.4, 0.5) is 0 Å². The first kappa shape index (κ1) is 17.8. The monoisotopic (exact) mass is 318 g/mol. The molecule has 1 aromatic rings. The summed E-state index contributed by atoms with van der Waals surface area (Å²) in [5, 5.41) is 3.19. The summed E-state index contributed by atoms with van der Waals surface area (Å²) in [6.07, 6.45) is 6.92. The summed E-state index contributed by atoms with van der Waals surface area (Å²) in [5.74, 6) is 1.06. The lowest BCUT2D eigenvalue weighted by molar-refractivity contribution is -0.123. The summed E-state index contributed by atoms with van der Waals surface area (Å²) in [4.78, 5) is 14.3. The molecule has 1 N–H and O–H groups in total. The van der Waals surface area contributed by atoms with Crippen LogP contribution in [-0.4, -0.2) is 43.6 Å². The van der Waals surface area contributed by atoms with Gasteiger partial charge in [0.1, 0.15) is 5.75 Å². The summed E-state index contributed by atoms with van der Waals surface area (Å²) >= 11 is 0. The minimum atomic E-state index is 0.145. The van der Waals surface area contributed by atoms with Gasteiger partial charge in [0, 0.05) is 12.1 Å². The second-order valence-electron chi connectivity index (χ2n) is 6.68. The van der Waals surface area contributed by atoms with E-state index in [0.717, 1.165) is 25.0 Å². The molecule has 4 heteroatoms. The number of ether oxygens (including phenoxy) is 1. The number of carbonyl (C=O) groups is 1. The van der Waals surface area contributed by atoms with E-state index < -0.39 is 0 Å². The molecule has 0 aromatic heterocycles. The Morgan fingerprint density at radius 1 is 1.30 bits per heavy atom. The number of hydrogen-bond donors (Lipinski definition) is 1. The van der Waals surface area contributed by atoms with Crippen molar-refractivity contribution in [3.8, 4) is 5.75 Å². The van der Waals surface area contributed by atoms with E-state index in [9.17, 15) is 4.79 Å².